The van der Waals surface area contributed by atoms with E-state index in [0.717, 1.165) is 44.1 Å². The smallest absolute Gasteiger partial charge is 0.193 e. The molecule has 1 aliphatic rings. The summed E-state index contributed by atoms with van der Waals surface area (Å²) in [7, 11) is 3.81. The van der Waals surface area contributed by atoms with Crippen molar-refractivity contribution in [2.24, 2.45) is 12.0 Å². The summed E-state index contributed by atoms with van der Waals surface area (Å²) >= 11 is 0. The molecule has 0 spiro atoms. The highest BCUT2D eigenvalue weighted by atomic mass is 127. The molecular formula is C17H25IN6. The van der Waals surface area contributed by atoms with Gasteiger partial charge in [0.25, 0.3) is 0 Å². The monoisotopic (exact) mass is 440 g/mol. The van der Waals surface area contributed by atoms with E-state index in [1.54, 1.807) is 0 Å². The van der Waals surface area contributed by atoms with Gasteiger partial charge >= 0.3 is 0 Å². The normalized spacial score (nSPS) is 17.7. The van der Waals surface area contributed by atoms with Crippen molar-refractivity contribution in [3.05, 3.63) is 48.0 Å². The Kier molecular flexibility index (Phi) is 7.01. The summed E-state index contributed by atoms with van der Waals surface area (Å²) < 4.78 is 1.87. The van der Waals surface area contributed by atoms with Crippen LogP contribution in [-0.2, 0) is 13.5 Å². The lowest BCUT2D eigenvalue weighted by molar-refractivity contribution is 0.486. The highest BCUT2D eigenvalue weighted by Crippen LogP contribution is 2.26. The largest absolute Gasteiger partial charge is 0.356 e. The van der Waals surface area contributed by atoms with Crippen molar-refractivity contribution in [3.8, 4) is 0 Å². The SMILES string of the molecule is CN=C(NCCc1ccccn1)N1CCC(c2cnn(C)c2)C1.I. The molecule has 0 amide bonds. The van der Waals surface area contributed by atoms with Crippen molar-refractivity contribution >= 4 is 29.9 Å². The third-order valence-electron chi connectivity index (χ3n) is 4.29. The van der Waals surface area contributed by atoms with Crippen molar-refractivity contribution in [2.45, 2.75) is 18.8 Å². The van der Waals surface area contributed by atoms with E-state index in [-0.39, 0.29) is 24.0 Å². The number of hydrogen-bond acceptors (Lipinski definition) is 3. The average molecular weight is 440 g/mol. The van der Waals surface area contributed by atoms with E-state index >= 15 is 0 Å². The number of aliphatic imine (C=N–C) groups is 1. The predicted molar refractivity (Wildman–Crippen MR) is 107 cm³/mol. The molecule has 1 unspecified atom stereocenters. The zero-order chi connectivity index (χ0) is 16.1. The van der Waals surface area contributed by atoms with Crippen molar-refractivity contribution in [2.75, 3.05) is 26.7 Å². The first-order valence-electron chi connectivity index (χ1n) is 8.10. The second-order valence-electron chi connectivity index (χ2n) is 5.92. The van der Waals surface area contributed by atoms with Gasteiger partial charge in [-0.3, -0.25) is 14.7 Å². The van der Waals surface area contributed by atoms with Crippen molar-refractivity contribution in [1.29, 1.82) is 0 Å². The Hall–Kier alpha value is -1.64. The van der Waals surface area contributed by atoms with E-state index < -0.39 is 0 Å². The Morgan fingerprint density at radius 2 is 2.29 bits per heavy atom. The standard InChI is InChI=1S/C17H24N6.HI/c1-18-17(20-9-6-16-5-3-4-8-19-16)23-10-7-14(13-23)15-11-21-22(2)12-15;/h3-5,8,11-12,14H,6-7,9-10,13H2,1-2H3,(H,18,20);1H. The first kappa shape index (κ1) is 18.7. The first-order chi connectivity index (χ1) is 11.3. The maximum atomic E-state index is 4.42. The van der Waals surface area contributed by atoms with E-state index in [9.17, 15) is 0 Å². The lowest BCUT2D eigenvalue weighted by Gasteiger charge is -2.21. The quantitative estimate of drug-likeness (QED) is 0.449. The fourth-order valence-electron chi connectivity index (χ4n) is 3.06. The Bertz CT molecular complexity index is 654. The number of hydrogen-bond donors (Lipinski definition) is 1. The second-order valence-corrected chi connectivity index (χ2v) is 5.92. The Morgan fingerprint density at radius 1 is 1.42 bits per heavy atom. The number of guanidine groups is 1. The minimum absolute atomic E-state index is 0. The summed E-state index contributed by atoms with van der Waals surface area (Å²) in [6, 6.07) is 6.02. The summed E-state index contributed by atoms with van der Waals surface area (Å²) in [6.07, 6.45) is 7.98. The van der Waals surface area contributed by atoms with E-state index in [0.29, 0.717) is 5.92 Å². The van der Waals surface area contributed by atoms with Gasteiger partial charge in [-0.2, -0.15) is 5.10 Å². The van der Waals surface area contributed by atoms with Crippen LogP contribution >= 0.6 is 24.0 Å². The van der Waals surface area contributed by atoms with Gasteiger partial charge in [-0.05, 0) is 24.1 Å². The van der Waals surface area contributed by atoms with E-state index in [2.05, 4.69) is 37.6 Å². The van der Waals surface area contributed by atoms with E-state index in [1.807, 2.05) is 43.3 Å². The Morgan fingerprint density at radius 3 is 2.96 bits per heavy atom. The third kappa shape index (κ3) is 4.68. The number of pyridine rings is 1. The van der Waals surface area contributed by atoms with Crippen LogP contribution in [-0.4, -0.2) is 52.3 Å². The highest BCUT2D eigenvalue weighted by molar-refractivity contribution is 14.0. The molecule has 1 saturated heterocycles. The minimum atomic E-state index is 0. The van der Waals surface area contributed by atoms with Crippen LogP contribution in [0.4, 0.5) is 0 Å². The molecule has 2 aromatic heterocycles. The zero-order valence-corrected chi connectivity index (χ0v) is 16.6. The van der Waals surface area contributed by atoms with Gasteiger partial charge in [-0.1, -0.05) is 6.07 Å². The van der Waals surface area contributed by atoms with Crippen molar-refractivity contribution < 1.29 is 0 Å². The molecule has 1 atom stereocenters. The third-order valence-corrected chi connectivity index (χ3v) is 4.29. The molecule has 0 radical (unpaired) electrons. The van der Waals surface area contributed by atoms with Gasteiger partial charge in [-0.15, -0.1) is 24.0 Å². The number of nitrogens with one attached hydrogen (secondary N) is 1. The maximum Gasteiger partial charge on any atom is 0.193 e. The Labute approximate surface area is 160 Å². The molecule has 0 aliphatic carbocycles. The van der Waals surface area contributed by atoms with Crippen LogP contribution in [0.15, 0.2) is 41.8 Å². The molecule has 7 heteroatoms. The summed E-state index contributed by atoms with van der Waals surface area (Å²) in [5, 5.41) is 7.73. The highest BCUT2D eigenvalue weighted by Gasteiger charge is 2.26. The van der Waals surface area contributed by atoms with Crippen LogP contribution in [0.3, 0.4) is 0 Å². The molecule has 0 aromatic carbocycles. The molecule has 1 fully saturated rings. The molecule has 2 aromatic rings. The second kappa shape index (κ2) is 9.00. The molecule has 0 bridgehead atoms. The number of halogens is 1. The van der Waals surface area contributed by atoms with E-state index in [1.165, 1.54) is 5.56 Å². The van der Waals surface area contributed by atoms with Gasteiger partial charge in [0.15, 0.2) is 5.96 Å². The number of aryl methyl sites for hydroxylation is 1. The molecule has 0 saturated carbocycles. The van der Waals surface area contributed by atoms with Gasteiger partial charge in [-0.25, -0.2) is 0 Å². The molecule has 1 N–H and O–H groups in total. The van der Waals surface area contributed by atoms with Gasteiger partial charge in [0, 0.05) is 64.2 Å². The number of rotatable bonds is 4. The van der Waals surface area contributed by atoms with Crippen LogP contribution in [0.25, 0.3) is 0 Å². The number of nitrogens with zero attached hydrogens (tertiary/aromatic N) is 5. The number of likely N-dealkylation sites (tertiary alicyclic amines) is 1. The molecule has 24 heavy (non-hydrogen) atoms. The van der Waals surface area contributed by atoms with Gasteiger partial charge in [0.05, 0.1) is 6.20 Å². The van der Waals surface area contributed by atoms with Crippen LogP contribution in [0, 0.1) is 0 Å². The summed E-state index contributed by atoms with van der Waals surface area (Å²) in [5.41, 5.74) is 2.42. The fraction of sp³-hybridized carbons (Fsp3) is 0.471. The van der Waals surface area contributed by atoms with Crippen LogP contribution in [0.1, 0.15) is 23.6 Å². The first-order valence-corrected chi connectivity index (χ1v) is 8.10. The van der Waals surface area contributed by atoms with Crippen LogP contribution in [0.5, 0.6) is 0 Å². The van der Waals surface area contributed by atoms with E-state index in [4.69, 9.17) is 0 Å². The molecular weight excluding hydrogens is 415 g/mol. The summed E-state index contributed by atoms with van der Waals surface area (Å²) in [4.78, 5) is 11.1. The predicted octanol–water partition coefficient (Wildman–Crippen LogP) is 2.04. The van der Waals surface area contributed by atoms with Crippen molar-refractivity contribution in [1.82, 2.24) is 25.0 Å². The molecule has 130 valence electrons. The minimum Gasteiger partial charge on any atom is -0.356 e. The fourth-order valence-corrected chi connectivity index (χ4v) is 3.06. The lowest BCUT2D eigenvalue weighted by Crippen LogP contribution is -2.40. The lowest BCUT2D eigenvalue weighted by atomic mass is 10.0. The van der Waals surface area contributed by atoms with Gasteiger partial charge < -0.3 is 10.2 Å². The molecule has 6 nitrogen and oxygen atoms in total. The summed E-state index contributed by atoms with van der Waals surface area (Å²) in [6.45, 7) is 2.87. The van der Waals surface area contributed by atoms with Gasteiger partial charge in [0.2, 0.25) is 0 Å². The van der Waals surface area contributed by atoms with Crippen LogP contribution < -0.4 is 5.32 Å². The molecule has 1 aliphatic heterocycles. The maximum absolute atomic E-state index is 4.42. The topological polar surface area (TPSA) is 58.3 Å². The van der Waals surface area contributed by atoms with Gasteiger partial charge in [0.1, 0.15) is 0 Å². The zero-order valence-electron chi connectivity index (χ0n) is 14.2. The van der Waals surface area contributed by atoms with Crippen molar-refractivity contribution in [3.63, 3.8) is 0 Å². The van der Waals surface area contributed by atoms with Crippen LogP contribution in [0.2, 0.25) is 0 Å². The number of aromatic nitrogens is 3. The average Bonchev–Trinajstić information content (AvgIpc) is 3.21. The summed E-state index contributed by atoms with van der Waals surface area (Å²) in [5.74, 6) is 1.52. The molecule has 3 rings (SSSR count). The molecule has 3 heterocycles. The Balaban J connectivity index is 0.00000208.